The number of hydrogen-bond acceptors (Lipinski definition) is 6. The smallest absolute Gasteiger partial charge is 0.287 e. The van der Waals surface area contributed by atoms with Crippen molar-refractivity contribution in [3.05, 3.63) is 88.5 Å². The molecule has 158 valence electrons. The molecule has 0 radical (unpaired) electrons. The zero-order chi connectivity index (χ0) is 21.8. The highest BCUT2D eigenvalue weighted by molar-refractivity contribution is 5.94. The molecule has 0 aliphatic rings. The maximum Gasteiger partial charge on any atom is 0.287 e. The van der Waals surface area contributed by atoms with Crippen LogP contribution < -0.4 is 20.3 Å². The number of ether oxygens (including phenoxy) is 2. The van der Waals surface area contributed by atoms with Crippen LogP contribution in [-0.2, 0) is 11.4 Å². The van der Waals surface area contributed by atoms with Crippen LogP contribution in [0.2, 0.25) is 0 Å². The molecule has 0 saturated heterocycles. The number of carbonyl (C=O) groups excluding carboxylic acids is 1. The Bertz CT molecular complexity index is 1250. The summed E-state index contributed by atoms with van der Waals surface area (Å²) in [6, 6.07) is 19.1. The van der Waals surface area contributed by atoms with Gasteiger partial charge in [0.15, 0.2) is 11.8 Å². The van der Waals surface area contributed by atoms with Crippen LogP contribution in [0, 0.1) is 6.92 Å². The predicted molar refractivity (Wildman–Crippen MR) is 114 cm³/mol. The average Bonchev–Trinajstić information content (AvgIpc) is 3.15. The molecule has 1 atom stereocenters. The normalized spacial score (nSPS) is 11.8. The molecule has 1 N–H and O–H groups in total. The summed E-state index contributed by atoms with van der Waals surface area (Å²) in [5.41, 5.74) is 1.25. The maximum atomic E-state index is 12.3. The van der Waals surface area contributed by atoms with Gasteiger partial charge in [-0.05, 0) is 50.2 Å². The second-order valence-corrected chi connectivity index (χ2v) is 6.96. The molecule has 2 aromatic heterocycles. The lowest BCUT2D eigenvalue weighted by Crippen LogP contribution is -2.30. The summed E-state index contributed by atoms with van der Waals surface area (Å²) in [5, 5.41) is 2.81. The highest BCUT2D eigenvalue weighted by atomic mass is 16.5. The van der Waals surface area contributed by atoms with Crippen molar-refractivity contribution in [1.82, 2.24) is 9.56 Å². The Morgan fingerprint density at radius 1 is 1.10 bits per heavy atom. The van der Waals surface area contributed by atoms with Crippen molar-refractivity contribution < 1.29 is 18.8 Å². The minimum absolute atomic E-state index is 0.129. The zero-order valence-electron chi connectivity index (χ0n) is 17.1. The number of aromatic nitrogens is 2. The summed E-state index contributed by atoms with van der Waals surface area (Å²) in [4.78, 5) is 28.8. The van der Waals surface area contributed by atoms with Gasteiger partial charge in [-0.2, -0.15) is 0 Å². The molecule has 2 heterocycles. The molecular weight excluding hydrogens is 398 g/mol. The summed E-state index contributed by atoms with van der Waals surface area (Å²) in [5.74, 6) is 1.55. The van der Waals surface area contributed by atoms with Crippen molar-refractivity contribution in [2.75, 3.05) is 5.32 Å². The largest absolute Gasteiger partial charge is 0.487 e. The Morgan fingerprint density at radius 3 is 2.58 bits per heavy atom. The highest BCUT2D eigenvalue weighted by Crippen LogP contribution is 2.18. The fraction of sp³-hybridized carbons (Fsp3) is 0.174. The van der Waals surface area contributed by atoms with Gasteiger partial charge in [-0.25, -0.2) is 4.98 Å². The van der Waals surface area contributed by atoms with E-state index in [0.717, 1.165) is 4.57 Å². The topological polar surface area (TPSA) is 95.1 Å². The van der Waals surface area contributed by atoms with Gasteiger partial charge in [0.2, 0.25) is 0 Å². The molecule has 4 rings (SSSR count). The number of aryl methyl sites for hydroxylation is 1. The third kappa shape index (κ3) is 4.92. The van der Waals surface area contributed by atoms with E-state index in [9.17, 15) is 9.59 Å². The van der Waals surface area contributed by atoms with Gasteiger partial charge < -0.3 is 19.3 Å². The fourth-order valence-electron chi connectivity index (χ4n) is 2.94. The average molecular weight is 419 g/mol. The third-order valence-corrected chi connectivity index (χ3v) is 4.46. The molecule has 0 saturated carbocycles. The van der Waals surface area contributed by atoms with E-state index in [0.29, 0.717) is 34.3 Å². The van der Waals surface area contributed by atoms with Crippen LogP contribution in [0.1, 0.15) is 18.4 Å². The van der Waals surface area contributed by atoms with E-state index in [1.54, 1.807) is 56.3 Å². The van der Waals surface area contributed by atoms with E-state index in [4.69, 9.17) is 14.0 Å². The minimum Gasteiger partial charge on any atom is -0.487 e. The Hall–Kier alpha value is -4.07. The van der Waals surface area contributed by atoms with E-state index in [2.05, 4.69) is 10.3 Å². The first-order valence-corrected chi connectivity index (χ1v) is 9.73. The van der Waals surface area contributed by atoms with Crippen molar-refractivity contribution in [1.29, 1.82) is 0 Å². The SMILES string of the molecule is Cc1cc2nc(COc3ccc(NC(=O)[C@@H](C)Oc4ccccc4)cc3)cc(=O)n2o1. The van der Waals surface area contributed by atoms with Crippen molar-refractivity contribution >= 4 is 17.2 Å². The first-order valence-electron chi connectivity index (χ1n) is 9.73. The summed E-state index contributed by atoms with van der Waals surface area (Å²) in [6.07, 6.45) is -0.648. The number of nitrogens with one attached hydrogen (secondary N) is 1. The number of carbonyl (C=O) groups is 1. The number of fused-ring (bicyclic) bond motifs is 1. The Labute approximate surface area is 178 Å². The number of hydrogen-bond donors (Lipinski definition) is 1. The van der Waals surface area contributed by atoms with E-state index in [1.807, 2.05) is 18.2 Å². The quantitative estimate of drug-likeness (QED) is 0.492. The Kier molecular flexibility index (Phi) is 5.70. The molecule has 8 nitrogen and oxygen atoms in total. The molecule has 31 heavy (non-hydrogen) atoms. The molecule has 2 aromatic carbocycles. The van der Waals surface area contributed by atoms with Gasteiger partial charge in [0.05, 0.1) is 5.69 Å². The summed E-state index contributed by atoms with van der Waals surface area (Å²) in [6.45, 7) is 3.57. The van der Waals surface area contributed by atoms with Crippen LogP contribution in [0.15, 0.2) is 76.0 Å². The van der Waals surface area contributed by atoms with E-state index < -0.39 is 6.10 Å². The number of para-hydroxylation sites is 1. The van der Waals surface area contributed by atoms with Gasteiger partial charge in [0.1, 0.15) is 23.9 Å². The van der Waals surface area contributed by atoms with Gasteiger partial charge in [-0.15, -0.1) is 4.57 Å². The lowest BCUT2D eigenvalue weighted by molar-refractivity contribution is -0.122. The summed E-state index contributed by atoms with van der Waals surface area (Å²) >= 11 is 0. The molecule has 0 unspecified atom stereocenters. The molecule has 0 aliphatic carbocycles. The minimum atomic E-state index is -0.648. The van der Waals surface area contributed by atoms with Gasteiger partial charge in [-0.1, -0.05) is 18.2 Å². The van der Waals surface area contributed by atoms with E-state index >= 15 is 0 Å². The van der Waals surface area contributed by atoms with Crippen LogP contribution in [0.5, 0.6) is 11.5 Å². The van der Waals surface area contributed by atoms with Crippen LogP contribution in [0.25, 0.3) is 5.65 Å². The standard InChI is InChI=1S/C23H21N3O5/c1-15-12-21-24-18(13-22(27)26(21)31-15)14-29-19-10-8-17(9-11-19)25-23(28)16(2)30-20-6-4-3-5-7-20/h3-13,16H,14H2,1-2H3,(H,25,28)/t16-/m1/s1. The van der Waals surface area contributed by atoms with Crippen molar-refractivity contribution in [2.24, 2.45) is 0 Å². The van der Waals surface area contributed by atoms with Gasteiger partial charge in [0.25, 0.3) is 11.5 Å². The zero-order valence-corrected chi connectivity index (χ0v) is 17.1. The first kappa shape index (κ1) is 20.2. The Morgan fingerprint density at radius 2 is 1.84 bits per heavy atom. The molecule has 0 bridgehead atoms. The molecule has 0 spiro atoms. The number of benzene rings is 2. The number of amides is 1. The highest BCUT2D eigenvalue weighted by Gasteiger charge is 2.15. The van der Waals surface area contributed by atoms with E-state index in [1.165, 1.54) is 6.07 Å². The van der Waals surface area contributed by atoms with Gasteiger partial charge >= 0.3 is 0 Å². The summed E-state index contributed by atoms with van der Waals surface area (Å²) in [7, 11) is 0. The second kappa shape index (κ2) is 8.74. The lowest BCUT2D eigenvalue weighted by atomic mass is 10.2. The van der Waals surface area contributed by atoms with Gasteiger partial charge in [0, 0.05) is 17.8 Å². The monoisotopic (exact) mass is 419 g/mol. The van der Waals surface area contributed by atoms with E-state index in [-0.39, 0.29) is 18.1 Å². The molecule has 8 heteroatoms. The number of anilines is 1. The predicted octanol–water partition coefficient (Wildman–Crippen LogP) is 3.58. The van der Waals surface area contributed by atoms with Crippen molar-refractivity contribution in [2.45, 2.75) is 26.6 Å². The number of rotatable bonds is 7. The van der Waals surface area contributed by atoms with Crippen LogP contribution in [-0.4, -0.2) is 21.6 Å². The third-order valence-electron chi connectivity index (χ3n) is 4.46. The second-order valence-electron chi connectivity index (χ2n) is 6.96. The maximum absolute atomic E-state index is 12.3. The van der Waals surface area contributed by atoms with Gasteiger partial charge in [-0.3, -0.25) is 9.59 Å². The fourth-order valence-corrected chi connectivity index (χ4v) is 2.94. The lowest BCUT2D eigenvalue weighted by Gasteiger charge is -2.15. The van der Waals surface area contributed by atoms with Crippen LogP contribution >= 0.6 is 0 Å². The molecule has 4 aromatic rings. The van der Waals surface area contributed by atoms with Crippen LogP contribution in [0.4, 0.5) is 5.69 Å². The van der Waals surface area contributed by atoms with Crippen molar-refractivity contribution in [3.8, 4) is 11.5 Å². The van der Waals surface area contributed by atoms with Crippen molar-refractivity contribution in [3.63, 3.8) is 0 Å². The summed E-state index contributed by atoms with van der Waals surface area (Å²) < 4.78 is 17.7. The molecule has 1 amide bonds. The Balaban J connectivity index is 1.34. The van der Waals surface area contributed by atoms with Crippen LogP contribution in [0.3, 0.4) is 0 Å². The molecular formula is C23H21N3O5. The first-order chi connectivity index (χ1) is 15.0. The number of nitrogens with zero attached hydrogens (tertiary/aromatic N) is 2. The molecule has 0 aliphatic heterocycles. The molecule has 0 fully saturated rings.